The van der Waals surface area contributed by atoms with Gasteiger partial charge in [-0.05, 0) is 37.3 Å². The van der Waals surface area contributed by atoms with Crippen LogP contribution in [-0.4, -0.2) is 23.8 Å². The highest BCUT2D eigenvalue weighted by atomic mass is 19.1. The van der Waals surface area contributed by atoms with Gasteiger partial charge in [-0.2, -0.15) is 0 Å². The monoisotopic (exact) mass is 437 g/mol. The summed E-state index contributed by atoms with van der Waals surface area (Å²) in [6.45, 7) is 7.13. The van der Waals surface area contributed by atoms with Crippen molar-refractivity contribution >= 4 is 17.2 Å². The first-order valence-corrected chi connectivity index (χ1v) is 10.6. The van der Waals surface area contributed by atoms with E-state index >= 15 is 0 Å². The number of fused-ring (bicyclic) bond motifs is 4. The van der Waals surface area contributed by atoms with Gasteiger partial charge in [0.2, 0.25) is 0 Å². The first kappa shape index (κ1) is 22.9. The lowest BCUT2D eigenvalue weighted by Crippen LogP contribution is -2.22. The fourth-order valence-corrected chi connectivity index (χ4v) is 3.34. The molecule has 0 unspecified atom stereocenters. The zero-order chi connectivity index (χ0) is 23.1. The molecule has 32 heavy (non-hydrogen) atoms. The summed E-state index contributed by atoms with van der Waals surface area (Å²) >= 11 is 0. The Morgan fingerprint density at radius 1 is 1.28 bits per heavy atom. The van der Waals surface area contributed by atoms with Crippen LogP contribution in [0, 0.1) is 5.82 Å². The molecule has 2 aliphatic rings. The third-order valence-corrected chi connectivity index (χ3v) is 4.71. The van der Waals surface area contributed by atoms with Crippen molar-refractivity contribution in [3.63, 3.8) is 0 Å². The van der Waals surface area contributed by atoms with Gasteiger partial charge in [-0.3, -0.25) is 4.99 Å². The molecule has 1 aromatic heterocycles. The molecule has 8 heteroatoms. The molecule has 1 aromatic carbocycles. The minimum Gasteiger partial charge on any atom is -0.485 e. The van der Waals surface area contributed by atoms with E-state index in [9.17, 15) is 4.39 Å². The van der Waals surface area contributed by atoms with Crippen molar-refractivity contribution in [1.29, 1.82) is 0 Å². The molecule has 0 aliphatic carbocycles. The zero-order valence-corrected chi connectivity index (χ0v) is 18.5. The number of rotatable bonds is 1. The standard InChI is InChI=1S/C22H22FN5O2.C2H6/c1-2-26-20-13-9-18(22(25)28-11-13)29-12-14-8-15(23)5-6-16(14)21-17(4-3-7-27-21)30-19(20)10-24;1-2/h3-6,8-11,27H,2,7,12,24H2,1H3,(H2,25,28);1-2H3/b19-10+,26-20?;. The second-order valence-corrected chi connectivity index (χ2v) is 6.68. The van der Waals surface area contributed by atoms with Crippen LogP contribution in [0.2, 0.25) is 0 Å². The number of benzene rings is 1. The van der Waals surface area contributed by atoms with Gasteiger partial charge < -0.3 is 26.3 Å². The maximum atomic E-state index is 14.0. The van der Waals surface area contributed by atoms with Crippen molar-refractivity contribution in [2.24, 2.45) is 10.7 Å². The quantitative estimate of drug-likeness (QED) is 0.625. The van der Waals surface area contributed by atoms with Crippen molar-refractivity contribution in [3.05, 3.63) is 82.8 Å². The molecule has 0 saturated carbocycles. The fourth-order valence-electron chi connectivity index (χ4n) is 3.34. The van der Waals surface area contributed by atoms with Crippen molar-refractivity contribution in [1.82, 2.24) is 10.3 Å². The second kappa shape index (κ2) is 10.5. The van der Waals surface area contributed by atoms with Crippen LogP contribution in [0.4, 0.5) is 10.2 Å². The van der Waals surface area contributed by atoms with Crippen molar-refractivity contribution < 1.29 is 13.9 Å². The smallest absolute Gasteiger partial charge is 0.168 e. The summed E-state index contributed by atoms with van der Waals surface area (Å²) < 4.78 is 26.1. The number of hydrogen-bond acceptors (Lipinski definition) is 7. The Hall–Kier alpha value is -3.81. The van der Waals surface area contributed by atoms with E-state index in [2.05, 4.69) is 15.3 Å². The Morgan fingerprint density at radius 3 is 2.84 bits per heavy atom. The maximum Gasteiger partial charge on any atom is 0.168 e. The van der Waals surface area contributed by atoms with E-state index in [1.807, 2.05) is 32.9 Å². The largest absolute Gasteiger partial charge is 0.485 e. The highest BCUT2D eigenvalue weighted by Gasteiger charge is 2.22. The molecule has 2 aliphatic heterocycles. The molecular formula is C24H28FN5O2. The first-order chi connectivity index (χ1) is 15.6. The average Bonchev–Trinajstić information content (AvgIpc) is 2.82. The average molecular weight is 438 g/mol. The molecule has 0 radical (unpaired) electrons. The Bertz CT molecular complexity index is 1110. The molecule has 0 atom stereocenters. The second-order valence-electron chi connectivity index (χ2n) is 6.68. The van der Waals surface area contributed by atoms with Crippen molar-refractivity contribution in [3.8, 4) is 5.75 Å². The summed E-state index contributed by atoms with van der Waals surface area (Å²) in [6, 6.07) is 6.25. The number of allylic oxidation sites excluding steroid dienone is 2. The van der Waals surface area contributed by atoms with E-state index in [4.69, 9.17) is 20.9 Å². The lowest BCUT2D eigenvalue weighted by atomic mass is 10.0. The Morgan fingerprint density at radius 2 is 2.09 bits per heavy atom. The highest BCUT2D eigenvalue weighted by Crippen LogP contribution is 2.30. The van der Waals surface area contributed by atoms with Gasteiger partial charge in [0.25, 0.3) is 0 Å². The molecule has 3 heterocycles. The van der Waals surface area contributed by atoms with Crippen molar-refractivity contribution in [2.75, 3.05) is 18.8 Å². The molecule has 2 bridgehead atoms. The number of hydrogen-bond donors (Lipinski definition) is 3. The van der Waals surface area contributed by atoms with Gasteiger partial charge in [-0.15, -0.1) is 0 Å². The predicted molar refractivity (Wildman–Crippen MR) is 125 cm³/mol. The number of halogens is 1. The molecule has 0 spiro atoms. The van der Waals surface area contributed by atoms with Gasteiger partial charge in [-0.1, -0.05) is 19.9 Å². The Labute approximate surface area is 187 Å². The van der Waals surface area contributed by atoms with Crippen LogP contribution in [0.3, 0.4) is 0 Å². The number of nitrogens with two attached hydrogens (primary N) is 2. The van der Waals surface area contributed by atoms with Gasteiger partial charge >= 0.3 is 0 Å². The molecule has 7 nitrogen and oxygen atoms in total. The van der Waals surface area contributed by atoms with Gasteiger partial charge in [0.05, 0.1) is 5.70 Å². The molecule has 0 fully saturated rings. The van der Waals surface area contributed by atoms with E-state index in [-0.39, 0.29) is 18.2 Å². The van der Waals surface area contributed by atoms with E-state index < -0.39 is 0 Å². The highest BCUT2D eigenvalue weighted by molar-refractivity contribution is 6.11. The minimum atomic E-state index is -0.362. The first-order valence-electron chi connectivity index (χ1n) is 10.6. The third-order valence-electron chi connectivity index (χ3n) is 4.71. The fraction of sp³-hybridized carbons (Fsp3) is 0.250. The lowest BCUT2D eigenvalue weighted by Gasteiger charge is -2.23. The topological polar surface area (TPSA) is 108 Å². The molecule has 2 aromatic rings. The van der Waals surface area contributed by atoms with Gasteiger partial charge in [0.15, 0.2) is 23.1 Å². The number of dihydropyridines is 1. The Kier molecular flexibility index (Phi) is 7.49. The number of nitrogens with one attached hydrogen (secondary N) is 1. The number of nitrogen functional groups attached to an aromatic ring is 1. The number of aliphatic imine (C=N–C) groups is 1. The van der Waals surface area contributed by atoms with Crippen LogP contribution >= 0.6 is 0 Å². The summed E-state index contributed by atoms with van der Waals surface area (Å²) in [6.07, 6.45) is 6.73. The van der Waals surface area contributed by atoms with Crippen LogP contribution in [-0.2, 0) is 11.3 Å². The van der Waals surface area contributed by atoms with Crippen LogP contribution in [0.5, 0.6) is 5.75 Å². The zero-order valence-electron chi connectivity index (χ0n) is 18.5. The van der Waals surface area contributed by atoms with Gasteiger partial charge in [-0.25, -0.2) is 9.37 Å². The number of pyridine rings is 1. The maximum absolute atomic E-state index is 14.0. The molecule has 168 valence electrons. The van der Waals surface area contributed by atoms with E-state index in [1.165, 1.54) is 18.3 Å². The summed E-state index contributed by atoms with van der Waals surface area (Å²) in [7, 11) is 0. The van der Waals surface area contributed by atoms with E-state index in [1.54, 1.807) is 18.3 Å². The third kappa shape index (κ3) is 4.74. The number of nitrogens with zero attached hydrogens (tertiary/aromatic N) is 2. The number of ether oxygens (including phenoxy) is 2. The SMILES string of the molecule is CC.CCN=C1/C(=C\N)OC2=C(NCC=C2)c2ccc(F)cc2COc2cc1cnc2N. The summed E-state index contributed by atoms with van der Waals surface area (Å²) in [5, 5.41) is 3.30. The van der Waals surface area contributed by atoms with Gasteiger partial charge in [0, 0.05) is 42.2 Å². The molecule has 4 rings (SSSR count). The van der Waals surface area contributed by atoms with Crippen LogP contribution in [0.15, 0.2) is 65.3 Å². The number of aromatic nitrogens is 1. The molecule has 0 saturated heterocycles. The molecule has 5 N–H and O–H groups in total. The van der Waals surface area contributed by atoms with Crippen LogP contribution in [0.1, 0.15) is 37.5 Å². The van der Waals surface area contributed by atoms with Crippen LogP contribution in [0.25, 0.3) is 5.70 Å². The normalized spacial score (nSPS) is 17.5. The minimum absolute atomic E-state index is 0.102. The van der Waals surface area contributed by atoms with E-state index in [0.29, 0.717) is 52.9 Å². The molecule has 0 amide bonds. The van der Waals surface area contributed by atoms with Gasteiger partial charge in [0.1, 0.15) is 18.1 Å². The predicted octanol–water partition coefficient (Wildman–Crippen LogP) is 3.88. The van der Waals surface area contributed by atoms with E-state index in [0.717, 1.165) is 5.56 Å². The van der Waals surface area contributed by atoms with Crippen LogP contribution < -0.4 is 21.5 Å². The lowest BCUT2D eigenvalue weighted by molar-refractivity contribution is 0.305. The number of anilines is 1. The molecular weight excluding hydrogens is 409 g/mol. The van der Waals surface area contributed by atoms with Crippen molar-refractivity contribution in [2.45, 2.75) is 27.4 Å². The summed E-state index contributed by atoms with van der Waals surface area (Å²) in [5.41, 5.74) is 15.2. The summed E-state index contributed by atoms with van der Waals surface area (Å²) in [4.78, 5) is 8.77. The summed E-state index contributed by atoms with van der Waals surface area (Å²) in [5.74, 6) is 1.13. The Balaban J connectivity index is 0.00000141.